The van der Waals surface area contributed by atoms with Gasteiger partial charge in [0.1, 0.15) is 6.42 Å². The zero-order chi connectivity index (χ0) is 15.0. The standard InChI is InChI=1S/C14H16N2O4/c1-3-8-15-12(17)9-13(18)16-11-7-5-4-6-10(11)14(19)20-2/h3-7H,1,8-9H2,2H3,(H,15,17)(H,16,18). The molecular weight excluding hydrogens is 260 g/mol. The Labute approximate surface area is 116 Å². The van der Waals surface area contributed by atoms with Crippen molar-refractivity contribution in [1.29, 1.82) is 0 Å². The van der Waals surface area contributed by atoms with Gasteiger partial charge in [-0.2, -0.15) is 0 Å². The van der Waals surface area contributed by atoms with Crippen molar-refractivity contribution in [3.05, 3.63) is 42.5 Å². The van der Waals surface area contributed by atoms with Gasteiger partial charge < -0.3 is 15.4 Å². The first-order valence-corrected chi connectivity index (χ1v) is 5.93. The van der Waals surface area contributed by atoms with Crippen molar-refractivity contribution in [3.63, 3.8) is 0 Å². The number of hydrogen-bond acceptors (Lipinski definition) is 4. The third kappa shape index (κ3) is 4.56. The minimum atomic E-state index is -0.558. The molecule has 106 valence electrons. The number of amides is 2. The fourth-order valence-electron chi connectivity index (χ4n) is 1.47. The third-order valence-electron chi connectivity index (χ3n) is 2.37. The van der Waals surface area contributed by atoms with Crippen molar-refractivity contribution in [2.45, 2.75) is 6.42 Å². The van der Waals surface area contributed by atoms with E-state index in [4.69, 9.17) is 0 Å². The largest absolute Gasteiger partial charge is 0.465 e. The number of ether oxygens (including phenoxy) is 1. The summed E-state index contributed by atoms with van der Waals surface area (Å²) in [6.45, 7) is 3.75. The molecule has 2 N–H and O–H groups in total. The molecule has 0 unspecified atom stereocenters. The number of rotatable bonds is 6. The normalized spacial score (nSPS) is 9.45. The number of para-hydroxylation sites is 1. The summed E-state index contributed by atoms with van der Waals surface area (Å²) in [5.74, 6) is -1.49. The van der Waals surface area contributed by atoms with E-state index in [9.17, 15) is 14.4 Å². The molecule has 0 radical (unpaired) electrons. The minimum Gasteiger partial charge on any atom is -0.465 e. The van der Waals surface area contributed by atoms with Gasteiger partial charge in [-0.15, -0.1) is 6.58 Å². The molecule has 0 aliphatic heterocycles. The highest BCUT2D eigenvalue weighted by Gasteiger charge is 2.14. The monoisotopic (exact) mass is 276 g/mol. The lowest BCUT2D eigenvalue weighted by Gasteiger charge is -2.09. The van der Waals surface area contributed by atoms with E-state index in [2.05, 4.69) is 21.9 Å². The van der Waals surface area contributed by atoms with Crippen LogP contribution >= 0.6 is 0 Å². The first-order chi connectivity index (χ1) is 9.58. The van der Waals surface area contributed by atoms with Gasteiger partial charge >= 0.3 is 5.97 Å². The molecule has 0 aromatic heterocycles. The summed E-state index contributed by atoms with van der Waals surface area (Å²) >= 11 is 0. The number of benzene rings is 1. The van der Waals surface area contributed by atoms with E-state index in [1.165, 1.54) is 19.3 Å². The number of hydrogen-bond donors (Lipinski definition) is 2. The Morgan fingerprint density at radius 1 is 1.25 bits per heavy atom. The molecule has 1 aromatic rings. The van der Waals surface area contributed by atoms with Crippen LogP contribution in [-0.2, 0) is 14.3 Å². The molecule has 0 aliphatic carbocycles. The van der Waals surface area contributed by atoms with Crippen molar-refractivity contribution in [2.75, 3.05) is 19.0 Å². The van der Waals surface area contributed by atoms with E-state index >= 15 is 0 Å². The minimum absolute atomic E-state index is 0.231. The summed E-state index contributed by atoms with van der Waals surface area (Å²) in [6, 6.07) is 6.41. The first-order valence-electron chi connectivity index (χ1n) is 5.93. The van der Waals surface area contributed by atoms with Crippen LogP contribution in [0.4, 0.5) is 5.69 Å². The molecule has 0 heterocycles. The highest BCUT2D eigenvalue weighted by molar-refractivity contribution is 6.06. The van der Waals surface area contributed by atoms with Gasteiger partial charge in [0.05, 0.1) is 18.4 Å². The summed E-state index contributed by atoms with van der Waals surface area (Å²) in [5, 5.41) is 4.99. The molecule has 20 heavy (non-hydrogen) atoms. The second-order valence-corrected chi connectivity index (χ2v) is 3.85. The Morgan fingerprint density at radius 2 is 1.95 bits per heavy atom. The molecule has 0 fully saturated rings. The number of esters is 1. The summed E-state index contributed by atoms with van der Waals surface area (Å²) in [4.78, 5) is 34.6. The van der Waals surface area contributed by atoms with E-state index < -0.39 is 17.8 Å². The van der Waals surface area contributed by atoms with Crippen LogP contribution < -0.4 is 10.6 Å². The lowest BCUT2D eigenvalue weighted by molar-refractivity contribution is -0.126. The Morgan fingerprint density at radius 3 is 2.60 bits per heavy atom. The highest BCUT2D eigenvalue weighted by Crippen LogP contribution is 2.16. The van der Waals surface area contributed by atoms with Crippen LogP contribution in [0, 0.1) is 0 Å². The predicted octanol–water partition coefficient (Wildman–Crippen LogP) is 1.10. The maximum Gasteiger partial charge on any atom is 0.339 e. The smallest absolute Gasteiger partial charge is 0.339 e. The topological polar surface area (TPSA) is 84.5 Å². The Bertz CT molecular complexity index is 526. The molecule has 0 atom stereocenters. The van der Waals surface area contributed by atoms with Crippen LogP contribution in [0.1, 0.15) is 16.8 Å². The quantitative estimate of drug-likeness (QED) is 0.463. The maximum atomic E-state index is 11.7. The fraction of sp³-hybridized carbons (Fsp3) is 0.214. The second-order valence-electron chi connectivity index (χ2n) is 3.85. The van der Waals surface area contributed by atoms with Gasteiger partial charge in [0.25, 0.3) is 0 Å². The number of nitrogens with one attached hydrogen (secondary N) is 2. The third-order valence-corrected chi connectivity index (χ3v) is 2.37. The van der Waals surface area contributed by atoms with Gasteiger partial charge in [0.15, 0.2) is 0 Å². The number of methoxy groups -OCH3 is 1. The highest BCUT2D eigenvalue weighted by atomic mass is 16.5. The molecule has 2 amide bonds. The van der Waals surface area contributed by atoms with E-state index in [1.54, 1.807) is 18.2 Å². The van der Waals surface area contributed by atoms with Gasteiger partial charge in [0, 0.05) is 6.54 Å². The number of carbonyl (C=O) groups excluding carboxylic acids is 3. The lowest BCUT2D eigenvalue weighted by atomic mass is 10.1. The van der Waals surface area contributed by atoms with Crippen molar-refractivity contribution in [2.24, 2.45) is 0 Å². The summed E-state index contributed by atoms with van der Waals surface area (Å²) in [6.07, 6.45) is 1.19. The molecule has 0 saturated carbocycles. The molecule has 1 rings (SSSR count). The van der Waals surface area contributed by atoms with Crippen LogP contribution in [0.5, 0.6) is 0 Å². The van der Waals surface area contributed by atoms with Gasteiger partial charge in [-0.25, -0.2) is 4.79 Å². The van der Waals surface area contributed by atoms with E-state index in [0.717, 1.165) is 0 Å². The van der Waals surface area contributed by atoms with E-state index in [1.807, 2.05) is 0 Å². The Hall–Kier alpha value is -2.63. The molecule has 6 nitrogen and oxygen atoms in total. The summed E-state index contributed by atoms with van der Waals surface area (Å²) in [5.41, 5.74) is 0.538. The van der Waals surface area contributed by atoms with Gasteiger partial charge in [0.2, 0.25) is 11.8 Å². The average Bonchev–Trinajstić information content (AvgIpc) is 2.44. The molecule has 0 saturated heterocycles. The lowest BCUT2D eigenvalue weighted by Crippen LogP contribution is -2.28. The Balaban J connectivity index is 2.69. The number of anilines is 1. The predicted molar refractivity (Wildman–Crippen MR) is 74.2 cm³/mol. The van der Waals surface area contributed by atoms with E-state index in [0.29, 0.717) is 12.2 Å². The summed E-state index contributed by atoms with van der Waals surface area (Å²) < 4.78 is 4.61. The zero-order valence-electron chi connectivity index (χ0n) is 11.1. The van der Waals surface area contributed by atoms with E-state index in [-0.39, 0.29) is 12.0 Å². The van der Waals surface area contributed by atoms with Crippen molar-refractivity contribution in [3.8, 4) is 0 Å². The van der Waals surface area contributed by atoms with Crippen molar-refractivity contribution < 1.29 is 19.1 Å². The number of carbonyl (C=O) groups is 3. The summed E-state index contributed by atoms with van der Waals surface area (Å²) in [7, 11) is 1.25. The van der Waals surface area contributed by atoms with Crippen LogP contribution in [0.25, 0.3) is 0 Å². The zero-order valence-corrected chi connectivity index (χ0v) is 11.1. The average molecular weight is 276 g/mol. The second kappa shape index (κ2) is 7.73. The molecule has 0 bridgehead atoms. The van der Waals surface area contributed by atoms with Crippen molar-refractivity contribution >= 4 is 23.5 Å². The van der Waals surface area contributed by atoms with Gasteiger partial charge in [-0.3, -0.25) is 9.59 Å². The SMILES string of the molecule is C=CCNC(=O)CC(=O)Nc1ccccc1C(=O)OC. The van der Waals surface area contributed by atoms with Crippen LogP contribution in [0.15, 0.2) is 36.9 Å². The molecule has 6 heteroatoms. The first kappa shape index (κ1) is 15.4. The van der Waals surface area contributed by atoms with Crippen LogP contribution in [0.2, 0.25) is 0 Å². The van der Waals surface area contributed by atoms with Crippen LogP contribution in [-0.4, -0.2) is 31.4 Å². The molecule has 0 aliphatic rings. The van der Waals surface area contributed by atoms with Crippen molar-refractivity contribution in [1.82, 2.24) is 5.32 Å². The van der Waals surface area contributed by atoms with Crippen LogP contribution in [0.3, 0.4) is 0 Å². The fourth-order valence-corrected chi connectivity index (χ4v) is 1.47. The Kier molecular flexibility index (Phi) is 5.96. The maximum absolute atomic E-state index is 11.7. The molecular formula is C14H16N2O4. The van der Waals surface area contributed by atoms with Gasteiger partial charge in [-0.1, -0.05) is 18.2 Å². The molecule has 1 aromatic carbocycles. The molecule has 0 spiro atoms. The van der Waals surface area contributed by atoms with Gasteiger partial charge in [-0.05, 0) is 12.1 Å².